The first-order chi connectivity index (χ1) is 10.8. The van der Waals surface area contributed by atoms with Crippen LogP contribution >= 0.6 is 0 Å². The van der Waals surface area contributed by atoms with Gasteiger partial charge in [-0.1, -0.05) is 24.3 Å². The summed E-state index contributed by atoms with van der Waals surface area (Å²) in [7, 11) is 1.66. The standard InChI is InChI=1S/C18H20N2O2/c1-21-10-11-22-18-8-6-17(7-9-18)14-20-13-16-4-2-15(12-19)3-5-16/h2-9,20H,10-11,13-14H2,1H3. The smallest absolute Gasteiger partial charge is 0.119 e. The van der Waals surface area contributed by atoms with Crippen LogP contribution in [0.25, 0.3) is 0 Å². The third kappa shape index (κ3) is 5.21. The lowest BCUT2D eigenvalue weighted by Crippen LogP contribution is -2.12. The van der Waals surface area contributed by atoms with Crippen molar-refractivity contribution in [1.29, 1.82) is 5.26 Å². The number of nitrogens with zero attached hydrogens (tertiary/aromatic N) is 1. The molecule has 0 aliphatic heterocycles. The Morgan fingerprint density at radius 3 is 2.05 bits per heavy atom. The van der Waals surface area contributed by atoms with Gasteiger partial charge in [0.05, 0.1) is 18.2 Å². The van der Waals surface area contributed by atoms with Crippen LogP contribution in [0.1, 0.15) is 16.7 Å². The number of methoxy groups -OCH3 is 1. The Bertz CT molecular complexity index is 600. The highest BCUT2D eigenvalue weighted by molar-refractivity contribution is 5.31. The zero-order chi connectivity index (χ0) is 15.6. The molecule has 0 heterocycles. The van der Waals surface area contributed by atoms with E-state index in [1.165, 1.54) is 11.1 Å². The predicted molar refractivity (Wildman–Crippen MR) is 85.5 cm³/mol. The van der Waals surface area contributed by atoms with Gasteiger partial charge in [-0.3, -0.25) is 0 Å². The molecule has 114 valence electrons. The van der Waals surface area contributed by atoms with E-state index in [0.717, 1.165) is 18.8 Å². The molecular formula is C18H20N2O2. The SMILES string of the molecule is COCCOc1ccc(CNCc2ccc(C#N)cc2)cc1. The molecule has 0 atom stereocenters. The molecule has 0 radical (unpaired) electrons. The summed E-state index contributed by atoms with van der Waals surface area (Å²) >= 11 is 0. The maximum atomic E-state index is 8.76. The minimum atomic E-state index is 0.562. The van der Waals surface area contributed by atoms with E-state index >= 15 is 0 Å². The van der Waals surface area contributed by atoms with Crippen molar-refractivity contribution < 1.29 is 9.47 Å². The van der Waals surface area contributed by atoms with Crippen molar-refractivity contribution in [1.82, 2.24) is 5.32 Å². The summed E-state index contributed by atoms with van der Waals surface area (Å²) in [6.07, 6.45) is 0. The van der Waals surface area contributed by atoms with E-state index in [-0.39, 0.29) is 0 Å². The molecular weight excluding hydrogens is 276 g/mol. The highest BCUT2D eigenvalue weighted by Crippen LogP contribution is 2.12. The van der Waals surface area contributed by atoms with Crippen LogP contribution in [-0.2, 0) is 17.8 Å². The number of benzene rings is 2. The molecule has 0 aromatic heterocycles. The predicted octanol–water partition coefficient (Wildman–Crippen LogP) is 2.87. The summed E-state index contributed by atoms with van der Waals surface area (Å²) in [5, 5.41) is 12.1. The van der Waals surface area contributed by atoms with Gasteiger partial charge < -0.3 is 14.8 Å². The molecule has 0 amide bonds. The molecule has 4 heteroatoms. The Kier molecular flexibility index (Phi) is 6.43. The average molecular weight is 296 g/mol. The van der Waals surface area contributed by atoms with Gasteiger partial charge in [-0.15, -0.1) is 0 Å². The molecule has 0 aliphatic rings. The maximum absolute atomic E-state index is 8.76. The summed E-state index contributed by atoms with van der Waals surface area (Å²) in [6, 6.07) is 17.8. The van der Waals surface area contributed by atoms with Gasteiger partial charge >= 0.3 is 0 Å². The zero-order valence-electron chi connectivity index (χ0n) is 12.7. The molecule has 2 aromatic rings. The van der Waals surface area contributed by atoms with Gasteiger partial charge in [0.15, 0.2) is 0 Å². The number of nitrogens with one attached hydrogen (secondary N) is 1. The van der Waals surface area contributed by atoms with Crippen LogP contribution in [-0.4, -0.2) is 20.3 Å². The van der Waals surface area contributed by atoms with Crippen molar-refractivity contribution >= 4 is 0 Å². The Hall–Kier alpha value is -2.35. The number of nitriles is 1. The van der Waals surface area contributed by atoms with Crippen molar-refractivity contribution in [2.75, 3.05) is 20.3 Å². The second kappa shape index (κ2) is 8.83. The van der Waals surface area contributed by atoms with Crippen LogP contribution in [0.4, 0.5) is 0 Å². The molecule has 0 aliphatic carbocycles. The molecule has 2 aromatic carbocycles. The fourth-order valence-electron chi connectivity index (χ4n) is 1.99. The fraction of sp³-hybridized carbons (Fsp3) is 0.278. The normalized spacial score (nSPS) is 10.2. The summed E-state index contributed by atoms with van der Waals surface area (Å²) in [4.78, 5) is 0. The lowest BCUT2D eigenvalue weighted by molar-refractivity contribution is 0.146. The number of ether oxygens (including phenoxy) is 2. The molecule has 0 bridgehead atoms. The Labute approximate surface area is 131 Å². The lowest BCUT2D eigenvalue weighted by Gasteiger charge is -2.08. The summed E-state index contributed by atoms with van der Waals surface area (Å²) < 4.78 is 10.5. The first-order valence-electron chi connectivity index (χ1n) is 7.22. The number of hydrogen-bond acceptors (Lipinski definition) is 4. The van der Waals surface area contributed by atoms with Crippen LogP contribution in [0.5, 0.6) is 5.75 Å². The highest BCUT2D eigenvalue weighted by atomic mass is 16.5. The van der Waals surface area contributed by atoms with Gasteiger partial charge in [0, 0.05) is 20.2 Å². The van der Waals surface area contributed by atoms with Crippen molar-refractivity contribution in [2.45, 2.75) is 13.1 Å². The molecule has 1 N–H and O–H groups in total. The molecule has 0 saturated carbocycles. The molecule has 4 nitrogen and oxygen atoms in total. The molecule has 0 unspecified atom stereocenters. The third-order valence-corrected chi connectivity index (χ3v) is 3.22. The van der Waals surface area contributed by atoms with Crippen LogP contribution < -0.4 is 10.1 Å². The second-order valence-electron chi connectivity index (χ2n) is 4.90. The Morgan fingerprint density at radius 2 is 1.50 bits per heavy atom. The van der Waals surface area contributed by atoms with Gasteiger partial charge in [-0.25, -0.2) is 0 Å². The Morgan fingerprint density at radius 1 is 0.909 bits per heavy atom. The van der Waals surface area contributed by atoms with E-state index in [1.54, 1.807) is 7.11 Å². The average Bonchev–Trinajstić information content (AvgIpc) is 2.57. The van der Waals surface area contributed by atoms with E-state index in [1.807, 2.05) is 48.5 Å². The number of rotatable bonds is 8. The summed E-state index contributed by atoms with van der Waals surface area (Å²) in [5.74, 6) is 0.855. The van der Waals surface area contributed by atoms with E-state index in [4.69, 9.17) is 14.7 Å². The van der Waals surface area contributed by atoms with Crippen LogP contribution in [0.3, 0.4) is 0 Å². The molecule has 0 fully saturated rings. The van der Waals surface area contributed by atoms with Crippen LogP contribution in [0.2, 0.25) is 0 Å². The van der Waals surface area contributed by atoms with Gasteiger partial charge in [0.25, 0.3) is 0 Å². The van der Waals surface area contributed by atoms with Gasteiger partial charge in [0.2, 0.25) is 0 Å². The van der Waals surface area contributed by atoms with Crippen LogP contribution in [0.15, 0.2) is 48.5 Å². The third-order valence-electron chi connectivity index (χ3n) is 3.22. The molecule has 2 rings (SSSR count). The van der Waals surface area contributed by atoms with Crippen LogP contribution in [0, 0.1) is 11.3 Å². The molecule has 0 saturated heterocycles. The van der Waals surface area contributed by atoms with E-state index < -0.39 is 0 Å². The summed E-state index contributed by atoms with van der Waals surface area (Å²) in [5.41, 5.74) is 3.05. The monoisotopic (exact) mass is 296 g/mol. The highest BCUT2D eigenvalue weighted by Gasteiger charge is 1.97. The van der Waals surface area contributed by atoms with Crippen molar-refractivity contribution in [3.05, 3.63) is 65.2 Å². The fourth-order valence-corrected chi connectivity index (χ4v) is 1.99. The van der Waals surface area contributed by atoms with Gasteiger partial charge in [-0.05, 0) is 35.4 Å². The minimum absolute atomic E-state index is 0.562. The van der Waals surface area contributed by atoms with E-state index in [9.17, 15) is 0 Å². The quantitative estimate of drug-likeness (QED) is 0.761. The topological polar surface area (TPSA) is 54.3 Å². The maximum Gasteiger partial charge on any atom is 0.119 e. The van der Waals surface area contributed by atoms with Gasteiger partial charge in [0.1, 0.15) is 12.4 Å². The largest absolute Gasteiger partial charge is 0.491 e. The number of hydrogen-bond donors (Lipinski definition) is 1. The van der Waals surface area contributed by atoms with E-state index in [0.29, 0.717) is 18.8 Å². The van der Waals surface area contributed by atoms with E-state index in [2.05, 4.69) is 11.4 Å². The van der Waals surface area contributed by atoms with Gasteiger partial charge in [-0.2, -0.15) is 5.26 Å². The molecule has 0 spiro atoms. The first-order valence-corrected chi connectivity index (χ1v) is 7.22. The molecule has 22 heavy (non-hydrogen) atoms. The zero-order valence-corrected chi connectivity index (χ0v) is 12.7. The van der Waals surface area contributed by atoms with Crippen molar-refractivity contribution in [3.8, 4) is 11.8 Å². The minimum Gasteiger partial charge on any atom is -0.491 e. The lowest BCUT2D eigenvalue weighted by atomic mass is 10.1. The first kappa shape index (κ1) is 16.0. The van der Waals surface area contributed by atoms with Crippen molar-refractivity contribution in [2.24, 2.45) is 0 Å². The Balaban J connectivity index is 1.75. The summed E-state index contributed by atoms with van der Waals surface area (Å²) in [6.45, 7) is 2.72. The van der Waals surface area contributed by atoms with Crippen molar-refractivity contribution in [3.63, 3.8) is 0 Å². The second-order valence-corrected chi connectivity index (χ2v) is 4.90.